The van der Waals surface area contributed by atoms with Crippen LogP contribution in [0.4, 0.5) is 4.39 Å². The Balaban J connectivity index is 1.83. The first-order chi connectivity index (χ1) is 11.5. The Morgan fingerprint density at radius 2 is 1.96 bits per heavy atom. The molecule has 0 saturated carbocycles. The number of rotatable bonds is 4. The second-order valence-electron chi connectivity index (χ2n) is 5.27. The van der Waals surface area contributed by atoms with E-state index in [4.69, 9.17) is 5.26 Å². The van der Waals surface area contributed by atoms with Crippen molar-refractivity contribution in [2.45, 2.75) is 27.7 Å². The molecular weight excluding hydrogens is 349 g/mol. The molecule has 1 aliphatic heterocycles. The molecule has 1 aromatic heterocycles. The van der Waals surface area contributed by atoms with Gasteiger partial charge in [0.15, 0.2) is 0 Å². The number of nitriles is 1. The molecule has 0 radical (unpaired) electrons. The Kier molecular flexibility index (Phi) is 4.85. The molecule has 124 valence electrons. The normalized spacial score (nSPS) is 15.3. The van der Waals surface area contributed by atoms with E-state index in [0.717, 1.165) is 24.6 Å². The van der Waals surface area contributed by atoms with E-state index in [0.29, 0.717) is 23.0 Å². The second-order valence-corrected chi connectivity index (χ2v) is 8.27. The van der Waals surface area contributed by atoms with Gasteiger partial charge in [-0.2, -0.15) is 9.57 Å². The Morgan fingerprint density at radius 1 is 1.21 bits per heavy atom. The first-order valence-corrected chi connectivity index (χ1v) is 9.61. The molecule has 0 amide bonds. The lowest BCUT2D eigenvalue weighted by Crippen LogP contribution is -2.27. The van der Waals surface area contributed by atoms with Crippen LogP contribution in [0.5, 0.6) is 0 Å². The van der Waals surface area contributed by atoms with Crippen molar-refractivity contribution in [3.63, 3.8) is 0 Å². The molecule has 8 heteroatoms. The summed E-state index contributed by atoms with van der Waals surface area (Å²) in [6.07, 6.45) is 3.05. The van der Waals surface area contributed by atoms with E-state index in [9.17, 15) is 12.8 Å². The van der Waals surface area contributed by atoms with Crippen molar-refractivity contribution < 1.29 is 12.8 Å². The summed E-state index contributed by atoms with van der Waals surface area (Å²) in [7, 11) is -3.50. The first-order valence-electron chi connectivity index (χ1n) is 7.35. The number of sulfonamides is 1. The molecule has 0 bridgehead atoms. The molecule has 24 heavy (non-hydrogen) atoms. The van der Waals surface area contributed by atoms with E-state index in [2.05, 4.69) is 4.98 Å². The van der Waals surface area contributed by atoms with Crippen LogP contribution in [-0.4, -0.2) is 30.8 Å². The van der Waals surface area contributed by atoms with Gasteiger partial charge in [-0.05, 0) is 37.1 Å². The zero-order valence-electron chi connectivity index (χ0n) is 12.6. The monoisotopic (exact) mass is 363 g/mol. The lowest BCUT2D eigenvalue weighted by Gasteiger charge is -2.15. The van der Waals surface area contributed by atoms with Crippen LogP contribution in [0.1, 0.15) is 18.4 Å². The second kappa shape index (κ2) is 6.89. The highest BCUT2D eigenvalue weighted by atomic mass is 32.2. The lowest BCUT2D eigenvalue weighted by molar-refractivity contribution is 0.477. The van der Waals surface area contributed by atoms with Crippen molar-refractivity contribution in [2.24, 2.45) is 0 Å². The maximum absolute atomic E-state index is 13.6. The fourth-order valence-corrected chi connectivity index (χ4v) is 4.79. The molecule has 1 aromatic carbocycles. The van der Waals surface area contributed by atoms with Crippen molar-refractivity contribution >= 4 is 21.8 Å². The van der Waals surface area contributed by atoms with Crippen LogP contribution in [-0.2, 0) is 10.0 Å². The van der Waals surface area contributed by atoms with Crippen molar-refractivity contribution in [1.82, 2.24) is 9.29 Å². The van der Waals surface area contributed by atoms with Gasteiger partial charge in [-0.3, -0.25) is 0 Å². The zero-order valence-corrected chi connectivity index (χ0v) is 14.3. The maximum Gasteiger partial charge on any atom is 0.244 e. The van der Waals surface area contributed by atoms with Gasteiger partial charge in [0.05, 0.1) is 0 Å². The summed E-state index contributed by atoms with van der Waals surface area (Å²) in [5.74, 6) is -0.587. The van der Waals surface area contributed by atoms with Crippen LogP contribution in [0.2, 0.25) is 0 Å². The Hall–Kier alpha value is -1.95. The fraction of sp³-hybridized carbons (Fsp3) is 0.250. The quantitative estimate of drug-likeness (QED) is 0.835. The van der Waals surface area contributed by atoms with Gasteiger partial charge < -0.3 is 0 Å². The number of nitrogens with zero attached hydrogens (tertiary/aromatic N) is 3. The molecule has 0 atom stereocenters. The van der Waals surface area contributed by atoms with Crippen LogP contribution >= 0.6 is 11.8 Å². The van der Waals surface area contributed by atoms with E-state index >= 15 is 0 Å². The van der Waals surface area contributed by atoms with Crippen molar-refractivity contribution in [2.75, 3.05) is 13.1 Å². The molecule has 2 heterocycles. The predicted octanol–water partition coefficient (Wildman–Crippen LogP) is 3.03. The Morgan fingerprint density at radius 3 is 2.58 bits per heavy atom. The number of halogens is 1. The minimum Gasteiger partial charge on any atom is -0.248 e. The Bertz CT molecular complexity index is 887. The van der Waals surface area contributed by atoms with E-state index in [-0.39, 0.29) is 10.5 Å². The molecule has 1 fully saturated rings. The third kappa shape index (κ3) is 3.29. The minimum atomic E-state index is -3.50. The predicted molar refractivity (Wildman–Crippen MR) is 87.5 cm³/mol. The van der Waals surface area contributed by atoms with Crippen molar-refractivity contribution in [3.8, 4) is 6.07 Å². The molecule has 1 saturated heterocycles. The number of pyridine rings is 1. The molecule has 1 aliphatic rings. The summed E-state index contributed by atoms with van der Waals surface area (Å²) in [4.78, 5) is 4.73. The minimum absolute atomic E-state index is 0.0435. The van der Waals surface area contributed by atoms with Crippen LogP contribution in [0.15, 0.2) is 51.3 Å². The van der Waals surface area contributed by atoms with Gasteiger partial charge in [0.25, 0.3) is 0 Å². The lowest BCUT2D eigenvalue weighted by atomic mass is 10.2. The summed E-state index contributed by atoms with van der Waals surface area (Å²) >= 11 is 1.12. The van der Waals surface area contributed by atoms with E-state index < -0.39 is 15.8 Å². The molecule has 0 aliphatic carbocycles. The molecule has 5 nitrogen and oxygen atoms in total. The number of aromatic nitrogens is 1. The zero-order chi connectivity index (χ0) is 17.2. The number of hydrogen-bond acceptors (Lipinski definition) is 5. The molecule has 0 N–H and O–H groups in total. The van der Waals surface area contributed by atoms with Gasteiger partial charge in [-0.15, -0.1) is 0 Å². The summed E-state index contributed by atoms with van der Waals surface area (Å²) in [6.45, 7) is 1.07. The molecule has 3 rings (SSSR count). The Labute approximate surface area is 144 Å². The first kappa shape index (κ1) is 16.9. The number of hydrogen-bond donors (Lipinski definition) is 0. The van der Waals surface area contributed by atoms with E-state index in [1.54, 1.807) is 12.1 Å². The highest BCUT2D eigenvalue weighted by Gasteiger charge is 2.27. The summed E-state index contributed by atoms with van der Waals surface area (Å²) in [5.41, 5.74) is -0.0435. The molecule has 2 aromatic rings. The van der Waals surface area contributed by atoms with Gasteiger partial charge in [0.2, 0.25) is 10.0 Å². The third-order valence-electron chi connectivity index (χ3n) is 3.71. The van der Waals surface area contributed by atoms with Gasteiger partial charge in [-0.25, -0.2) is 17.8 Å². The van der Waals surface area contributed by atoms with Gasteiger partial charge in [-0.1, -0.05) is 17.8 Å². The van der Waals surface area contributed by atoms with Gasteiger partial charge >= 0.3 is 0 Å². The van der Waals surface area contributed by atoms with Crippen LogP contribution in [0.25, 0.3) is 0 Å². The topological polar surface area (TPSA) is 74.1 Å². The van der Waals surface area contributed by atoms with Crippen molar-refractivity contribution in [3.05, 3.63) is 47.9 Å². The summed E-state index contributed by atoms with van der Waals surface area (Å²) in [6, 6.07) is 9.26. The van der Waals surface area contributed by atoms with Crippen molar-refractivity contribution in [1.29, 1.82) is 5.26 Å². The van der Waals surface area contributed by atoms with Crippen LogP contribution < -0.4 is 0 Å². The maximum atomic E-state index is 13.6. The largest absolute Gasteiger partial charge is 0.248 e. The summed E-state index contributed by atoms with van der Waals surface area (Å²) in [5, 5.41) is 9.54. The van der Waals surface area contributed by atoms with Crippen LogP contribution in [0, 0.1) is 17.1 Å². The standard InChI is InChI=1S/C16H14FN3O2S2/c17-14-4-3-5-15(13(14)10-18)23-16-7-6-12(11-19-16)24(21,22)20-8-1-2-9-20/h3-7,11H,1-2,8-9H2. The smallest absolute Gasteiger partial charge is 0.244 e. The molecular formula is C16H14FN3O2S2. The van der Waals surface area contributed by atoms with E-state index in [1.165, 1.54) is 28.7 Å². The number of benzene rings is 1. The fourth-order valence-electron chi connectivity index (χ4n) is 2.47. The van der Waals surface area contributed by atoms with Gasteiger partial charge in [0, 0.05) is 24.2 Å². The summed E-state index contributed by atoms with van der Waals surface area (Å²) < 4.78 is 39.9. The van der Waals surface area contributed by atoms with E-state index in [1.807, 2.05) is 6.07 Å². The highest BCUT2D eigenvalue weighted by Crippen LogP contribution is 2.31. The SMILES string of the molecule is N#Cc1c(F)cccc1Sc1ccc(S(=O)(=O)N2CCCC2)cn1. The molecule has 0 spiro atoms. The van der Waals surface area contributed by atoms with Gasteiger partial charge in [0.1, 0.15) is 27.4 Å². The molecule has 0 unspecified atom stereocenters. The third-order valence-corrected chi connectivity index (χ3v) is 6.61. The highest BCUT2D eigenvalue weighted by molar-refractivity contribution is 7.99. The van der Waals surface area contributed by atoms with Crippen LogP contribution in [0.3, 0.4) is 0 Å². The average molecular weight is 363 g/mol. The average Bonchev–Trinajstić information content (AvgIpc) is 3.11.